The number of hydrogen-bond acceptors (Lipinski definition) is 16. The third-order valence-corrected chi connectivity index (χ3v) is 25.4. The highest BCUT2D eigenvalue weighted by molar-refractivity contribution is 7.88. The van der Waals surface area contributed by atoms with Gasteiger partial charge in [-0.15, -0.1) is 0 Å². The Morgan fingerprint density at radius 2 is 0.908 bits per heavy atom. The van der Waals surface area contributed by atoms with Crippen LogP contribution in [0.4, 0.5) is 17.1 Å². The average Bonchev–Trinajstić information content (AvgIpc) is 1.59. The third kappa shape index (κ3) is 17.0. The second-order valence-corrected chi connectivity index (χ2v) is 34.9. The van der Waals surface area contributed by atoms with E-state index in [-0.39, 0.29) is 17.4 Å². The first kappa shape index (κ1) is 75.3. The van der Waals surface area contributed by atoms with Gasteiger partial charge in [0.15, 0.2) is 0 Å². The maximum absolute atomic E-state index is 11.8. The number of nitrogens with zero attached hydrogens (tertiary/aromatic N) is 16. The van der Waals surface area contributed by atoms with Crippen molar-refractivity contribution in [3.63, 3.8) is 0 Å². The summed E-state index contributed by atoms with van der Waals surface area (Å²) in [5.74, 6) is 0.149. The van der Waals surface area contributed by atoms with Gasteiger partial charge in [-0.05, 0) is 152 Å². The van der Waals surface area contributed by atoms with E-state index in [2.05, 4.69) is 105 Å². The number of benzene rings is 5. The van der Waals surface area contributed by atoms with Crippen LogP contribution in [0, 0.1) is 5.41 Å². The topological polar surface area (TPSA) is 297 Å². The van der Waals surface area contributed by atoms with Crippen molar-refractivity contribution in [1.82, 2.24) is 89.0 Å². The molecule has 5 N–H and O–H groups in total. The number of aromatic amines is 5. The highest BCUT2D eigenvalue weighted by Gasteiger charge is 2.43. The van der Waals surface area contributed by atoms with Crippen molar-refractivity contribution in [3.05, 3.63) is 183 Å². The Hall–Kier alpha value is -9.10. The van der Waals surface area contributed by atoms with E-state index >= 15 is 0 Å². The zero-order valence-electron chi connectivity index (χ0n) is 60.3. The van der Waals surface area contributed by atoms with E-state index in [0.29, 0.717) is 47.3 Å². The number of pyridine rings is 1. The van der Waals surface area contributed by atoms with E-state index in [1.165, 1.54) is 33.6 Å². The van der Waals surface area contributed by atoms with Crippen molar-refractivity contribution in [2.24, 2.45) is 5.41 Å². The minimum atomic E-state index is -3.11. The normalized spacial score (nSPS) is 17.3. The second kappa shape index (κ2) is 32.1. The van der Waals surface area contributed by atoms with Gasteiger partial charge >= 0.3 is 0 Å². The van der Waals surface area contributed by atoms with E-state index < -0.39 is 20.0 Å². The lowest BCUT2D eigenvalue weighted by molar-refractivity contribution is -0.130. The number of fused-ring (bicyclic) bond motifs is 6. The molecular weight excluding hydrogens is 1530 g/mol. The average molecular weight is 1610 g/mol. The lowest BCUT2D eigenvalue weighted by atomic mass is 9.77. The van der Waals surface area contributed by atoms with E-state index in [9.17, 15) is 21.6 Å². The molecule has 13 aromatic rings. The standard InChI is InChI=1S/C17H18ClN5O.C16H18ClN5O2S.C16H21ClN4O2S.C15H13ClN4.C12H12ClN3/c1-11(24)22-4-2-14(3-5-22)23-10-12(8-20-23)15-6-13(18)7-17-16(15)9-19-21-17;1-25(23,24)21-4-2-13(3-5-21)22-10-11(8-19-22)14-6-12(17)7-16-15(14)9-18-20-16;1-24(22,23)21-7-4-16(11-21)2-5-20(6-3-16)15-9-12(17)8-14-13(15)10-18-19-14;16-12-5-14-13(8-18-19-14)15(6-12)20-4-2-10-1-3-17-7-11(10)9-20;13-9-6-11-10(8-14-15-11)12(7-9)16-4-2-1-3-5-16/h6-10,14H,2-5H2,1H3,(H,19,21);6-10,13H,2-5H2,1H3,(H,18,20);8-10H,2-7,11H2,1H3,(H,18,19);1,3,5-8H,2,4,9H2,(H,18,19);1-2,6-8H,3-5H2,(H,14,15). The van der Waals surface area contributed by atoms with Gasteiger partial charge in [0, 0.05) is 190 Å². The summed E-state index contributed by atoms with van der Waals surface area (Å²) in [5, 5.41) is 53.2. The number of piperidine rings is 3. The fourth-order valence-electron chi connectivity index (χ4n) is 15.8. The Bertz CT molecular complexity index is 5710. The van der Waals surface area contributed by atoms with Crippen LogP contribution in [0.2, 0.25) is 25.1 Å². The number of nitrogens with one attached hydrogen (secondary N) is 5. The number of sulfonamides is 2. The zero-order chi connectivity index (χ0) is 75.7. The third-order valence-electron chi connectivity index (χ3n) is 21.7. The molecule has 0 bridgehead atoms. The van der Waals surface area contributed by atoms with E-state index in [1.807, 2.05) is 131 Å². The van der Waals surface area contributed by atoms with E-state index in [0.717, 1.165) is 208 Å². The molecule has 33 heteroatoms. The second-order valence-electron chi connectivity index (χ2n) is 28.7. The highest BCUT2D eigenvalue weighted by atomic mass is 35.5. The fourth-order valence-corrected chi connectivity index (χ4v) is 18.7. The van der Waals surface area contributed by atoms with Crippen molar-refractivity contribution < 1.29 is 21.6 Å². The monoisotopic (exact) mass is 1610 g/mol. The Morgan fingerprint density at radius 1 is 0.468 bits per heavy atom. The molecule has 1 amide bonds. The molecule has 6 aliphatic rings. The van der Waals surface area contributed by atoms with Gasteiger partial charge in [0.05, 0.1) is 95.6 Å². The van der Waals surface area contributed by atoms with Crippen molar-refractivity contribution >= 4 is 156 Å². The van der Waals surface area contributed by atoms with Crippen molar-refractivity contribution in [1.29, 1.82) is 0 Å². The number of amides is 1. The van der Waals surface area contributed by atoms with Gasteiger partial charge in [-0.1, -0.05) is 70.2 Å². The highest BCUT2D eigenvalue weighted by Crippen LogP contribution is 2.44. The first-order valence-corrected chi connectivity index (χ1v) is 41.8. The summed E-state index contributed by atoms with van der Waals surface area (Å²) in [4.78, 5) is 24.6. The maximum atomic E-state index is 11.8. The van der Waals surface area contributed by atoms with Gasteiger partial charge in [-0.3, -0.25) is 44.6 Å². The summed E-state index contributed by atoms with van der Waals surface area (Å²) in [6.07, 6.45) is 36.2. The van der Waals surface area contributed by atoms with Gasteiger partial charge in [0.1, 0.15) is 0 Å². The predicted molar refractivity (Wildman–Crippen MR) is 433 cm³/mol. The van der Waals surface area contributed by atoms with Gasteiger partial charge in [-0.25, -0.2) is 25.4 Å². The van der Waals surface area contributed by atoms with Gasteiger partial charge in [0.2, 0.25) is 26.0 Å². The van der Waals surface area contributed by atoms with Gasteiger partial charge in [-0.2, -0.15) is 35.7 Å². The Labute approximate surface area is 655 Å². The smallest absolute Gasteiger partial charge is 0.219 e. The molecule has 5 aromatic carbocycles. The molecule has 109 heavy (non-hydrogen) atoms. The molecule has 0 atom stereocenters. The van der Waals surface area contributed by atoms with Crippen LogP contribution in [-0.4, -0.2) is 196 Å². The fraction of sp³-hybridized carbons (Fsp3) is 0.355. The van der Waals surface area contributed by atoms with Crippen LogP contribution < -0.4 is 14.7 Å². The molecule has 568 valence electrons. The number of carbonyl (C=O) groups is 1. The Morgan fingerprint density at radius 3 is 1.37 bits per heavy atom. The lowest BCUT2D eigenvalue weighted by Crippen LogP contribution is -2.42. The van der Waals surface area contributed by atoms with Crippen LogP contribution in [-0.2, 0) is 37.8 Å². The van der Waals surface area contributed by atoms with E-state index in [1.54, 1.807) is 17.4 Å². The largest absolute Gasteiger partial charge is 0.371 e. The van der Waals surface area contributed by atoms with Crippen molar-refractivity contribution in [2.75, 3.05) is 99.2 Å². The molecule has 4 fully saturated rings. The Kier molecular flexibility index (Phi) is 22.2. The van der Waals surface area contributed by atoms with Crippen molar-refractivity contribution in [3.8, 4) is 22.3 Å². The quantitative estimate of drug-likeness (QED) is 0.0839. The van der Waals surface area contributed by atoms with Crippen LogP contribution in [0.15, 0.2) is 147 Å². The first-order valence-electron chi connectivity index (χ1n) is 36.2. The number of anilines is 3. The zero-order valence-corrected chi connectivity index (χ0v) is 65.7. The number of carbonyl (C=O) groups excluding carboxylic acids is 1. The molecule has 14 heterocycles. The predicted octanol–water partition coefficient (Wildman–Crippen LogP) is 14.6. The molecule has 1 spiro atoms. The van der Waals surface area contributed by atoms with Crippen LogP contribution in [0.25, 0.3) is 76.8 Å². The van der Waals surface area contributed by atoms with E-state index in [4.69, 9.17) is 58.0 Å². The molecule has 0 unspecified atom stereocenters. The summed E-state index contributed by atoms with van der Waals surface area (Å²) in [5.41, 5.74) is 15.0. The molecule has 6 aliphatic heterocycles. The number of likely N-dealkylation sites (tertiary alicyclic amines) is 1. The Balaban J connectivity index is 0.000000109. The summed E-state index contributed by atoms with van der Waals surface area (Å²) < 4.78 is 54.0. The van der Waals surface area contributed by atoms with Crippen LogP contribution in [0.5, 0.6) is 0 Å². The minimum absolute atomic E-state index is 0.133. The molecule has 0 radical (unpaired) electrons. The number of halogens is 5. The molecule has 26 nitrogen and oxygen atoms in total. The summed E-state index contributed by atoms with van der Waals surface area (Å²) >= 11 is 31.0. The molecular formula is C76H82Cl5N21O5S2. The summed E-state index contributed by atoms with van der Waals surface area (Å²) in [6.45, 7) is 11.2. The molecule has 19 rings (SSSR count). The number of H-pyrrole nitrogens is 5. The van der Waals surface area contributed by atoms with Crippen LogP contribution >= 0.6 is 58.0 Å². The first-order chi connectivity index (χ1) is 52.5. The molecule has 8 aromatic heterocycles. The number of aromatic nitrogens is 15. The number of hydrogen-bond donors (Lipinski definition) is 5. The van der Waals surface area contributed by atoms with Crippen LogP contribution in [0.3, 0.4) is 0 Å². The minimum Gasteiger partial charge on any atom is -0.371 e. The van der Waals surface area contributed by atoms with Gasteiger partial charge in [0.25, 0.3) is 0 Å². The summed E-state index contributed by atoms with van der Waals surface area (Å²) in [7, 11) is -6.19. The lowest BCUT2D eigenvalue weighted by Gasteiger charge is -2.40. The maximum Gasteiger partial charge on any atom is 0.219 e. The SMILES string of the molecule is CC(=O)N1CCC(n2cc(-c3cc(Cl)cc4[nH]ncc34)cn2)CC1.CS(=O)(=O)N1CCC(n2cc(-c3cc(Cl)cc4[nH]ncc34)cn2)CC1.CS(=O)(=O)N1CCC2(CCN(c3cc(Cl)cc4[nH]ncc34)CC2)C1.Clc1cc(N2CC=CCC2)c2cn[nH]c2c1.Clc1cc(N2CCc3ccncc3C2)c2cn[nH]c2c1. The number of rotatable bonds is 9. The van der Waals surface area contributed by atoms with Gasteiger partial charge < -0.3 is 19.6 Å². The molecule has 4 saturated heterocycles. The summed E-state index contributed by atoms with van der Waals surface area (Å²) in [6, 6.07) is 21.9. The molecule has 0 saturated carbocycles. The van der Waals surface area contributed by atoms with Crippen molar-refractivity contribution in [2.45, 2.75) is 83.3 Å². The van der Waals surface area contributed by atoms with Crippen LogP contribution in [0.1, 0.15) is 81.5 Å². The molecule has 0 aliphatic carbocycles.